The standard InChI is InChI=1S/C32H27N7O7.C30H31N7O7.C28H29N7O7/c40-30(41)21-11-6-12-33-28(21)43-15-22-24-25(46-32(45-24)13-18-7-4-5-8-19(18)14-32)29(44-22)39-17-36-23-26(34-16-35-27(23)39)38-31(42)37-20-9-2-1-3-10-20;1-16-8-10-17(11-9-16)29-43-22-20(13-41-26-19(28(38)39)7-4-12-31-26)42-27(23(22)44-29)37-15-34-21-24(32-14-33-25(21)37)36-30(40)35-18-5-2-3-6-18;1-2-29-28(38)34-23-20-24(32-14-31-23)35(15-33-20)26-22-21(41-19(42-22)11-10-16-7-4-3-5-8-16)18(40-26)13-39-25-17(27(36)37)9-6-12-30-25/h1-12,16-17,22,24-25,29H,13-15H2,(H,40,41)(H2,34,35,37,38,42);4,7-12,14-15,18,20,22-23,27,29H,2-3,5-6,13H2,1H3,(H,38,39)(H2,32,33,35,36,40);3-9,12,14-15,18-19,21-22,26H,2,10-11,13H2,1H3,(H,36,37)(H2,29,31,32,34,38). The van der Waals surface area contributed by atoms with Crippen molar-refractivity contribution in [2.75, 3.05) is 47.6 Å². The van der Waals surface area contributed by atoms with Crippen molar-refractivity contribution < 1.29 is 101 Å². The number of carbonyl (C=O) groups is 6. The van der Waals surface area contributed by atoms with Crippen LogP contribution < -0.4 is 46.1 Å². The average Bonchev–Trinajstić information content (AvgIpc) is 1.58. The van der Waals surface area contributed by atoms with Gasteiger partial charge in [-0.05, 0) is 98.3 Å². The number of carboxylic acids is 3. The van der Waals surface area contributed by atoms with E-state index in [1.807, 2.05) is 86.6 Å². The van der Waals surface area contributed by atoms with E-state index in [2.05, 4.69) is 116 Å². The number of benzene rings is 4. The van der Waals surface area contributed by atoms with E-state index in [-0.39, 0.29) is 83.7 Å². The zero-order chi connectivity index (χ0) is 90.5. The van der Waals surface area contributed by atoms with Gasteiger partial charge in [0.2, 0.25) is 17.6 Å². The Balaban J connectivity index is 0.000000128. The van der Waals surface area contributed by atoms with Crippen molar-refractivity contribution >= 4 is 92.6 Å². The summed E-state index contributed by atoms with van der Waals surface area (Å²) in [6.07, 6.45) is 11.0. The molecule has 14 unspecified atom stereocenters. The number of fused-ring (bicyclic) bond motifs is 7. The van der Waals surface area contributed by atoms with Crippen LogP contribution in [0.1, 0.15) is 123 Å². The van der Waals surface area contributed by atoms with E-state index in [1.165, 1.54) is 74.0 Å². The maximum atomic E-state index is 12.7. The van der Waals surface area contributed by atoms with Gasteiger partial charge in [0, 0.05) is 61.7 Å². The van der Waals surface area contributed by atoms with Gasteiger partial charge in [-0.15, -0.1) is 0 Å². The van der Waals surface area contributed by atoms with Crippen LogP contribution in [0.4, 0.5) is 37.5 Å². The number of aromatic carboxylic acids is 3. The molecular formula is C90H87N21O21. The number of carboxylic acid groups (broad SMARTS) is 3. The number of hydrogen-bond donors (Lipinski definition) is 9. The van der Waals surface area contributed by atoms with Gasteiger partial charge in [0.05, 0.1) is 19.0 Å². The molecule has 6 aliphatic heterocycles. The molecule has 15 heterocycles. The summed E-state index contributed by atoms with van der Waals surface area (Å²) >= 11 is 0. The van der Waals surface area contributed by atoms with Gasteiger partial charge in [0.15, 0.2) is 88.0 Å². The first kappa shape index (κ1) is 86.6. The molecule has 21 rings (SSSR count). The number of ether oxygens (including phenoxy) is 12. The van der Waals surface area contributed by atoms with Crippen molar-refractivity contribution in [2.45, 2.75) is 163 Å². The predicted octanol–water partition coefficient (Wildman–Crippen LogP) is 10.4. The molecule has 4 aromatic carbocycles. The first-order chi connectivity index (χ1) is 64.4. The van der Waals surface area contributed by atoms with E-state index in [4.69, 9.17) is 56.8 Å². The Hall–Kier alpha value is -14.8. The topological polar surface area (TPSA) is 516 Å². The minimum absolute atomic E-state index is 0.0185. The van der Waals surface area contributed by atoms with Crippen molar-refractivity contribution in [1.29, 1.82) is 0 Å². The number of aryl methyl sites for hydroxylation is 2. The van der Waals surface area contributed by atoms with Crippen LogP contribution >= 0.6 is 0 Å². The second kappa shape index (κ2) is 38.1. The number of nitrogens with one attached hydrogen (secondary N) is 6. The average molecular weight is 1800 g/mol. The van der Waals surface area contributed by atoms with Gasteiger partial charge in [-0.1, -0.05) is 115 Å². The number of aromatic nitrogens is 15. The molecule has 6 saturated heterocycles. The van der Waals surface area contributed by atoms with Gasteiger partial charge < -0.3 is 88.1 Å². The molecule has 0 radical (unpaired) electrons. The lowest BCUT2D eigenvalue weighted by Crippen LogP contribution is -2.37. The third-order valence-electron chi connectivity index (χ3n) is 23.4. The van der Waals surface area contributed by atoms with E-state index >= 15 is 0 Å². The number of nitrogens with zero attached hydrogens (tertiary/aromatic N) is 15. The van der Waals surface area contributed by atoms with Gasteiger partial charge in [-0.2, -0.15) is 0 Å². The maximum absolute atomic E-state index is 12.7. The third kappa shape index (κ3) is 18.4. The Labute approximate surface area is 749 Å². The molecule has 14 atom stereocenters. The largest absolute Gasteiger partial charge is 0.477 e. The Kier molecular flexibility index (Phi) is 25.0. The number of pyridine rings is 3. The van der Waals surface area contributed by atoms with Crippen molar-refractivity contribution in [3.05, 3.63) is 247 Å². The molecule has 2 aliphatic carbocycles. The smallest absolute Gasteiger partial charge is 0.341 e. The first-order valence-corrected chi connectivity index (χ1v) is 42.7. The summed E-state index contributed by atoms with van der Waals surface area (Å²) in [6, 6.07) is 42.8. The molecule has 0 bridgehead atoms. The Morgan fingerprint density at radius 1 is 0.439 bits per heavy atom. The van der Waals surface area contributed by atoms with E-state index in [9.17, 15) is 44.1 Å². The van der Waals surface area contributed by atoms with Gasteiger partial charge in [-0.25, -0.2) is 88.6 Å². The fourth-order valence-electron chi connectivity index (χ4n) is 17.3. The molecule has 8 aliphatic rings. The molecule has 9 aromatic heterocycles. The van der Waals surface area contributed by atoms with Gasteiger partial charge in [0.25, 0.3) is 0 Å². The number of para-hydroxylation sites is 1. The van der Waals surface area contributed by atoms with Crippen molar-refractivity contribution in [3.8, 4) is 17.6 Å². The van der Waals surface area contributed by atoms with Crippen molar-refractivity contribution in [2.24, 2.45) is 0 Å². The number of hydrogen-bond acceptors (Lipinski definition) is 30. The summed E-state index contributed by atoms with van der Waals surface area (Å²) in [7, 11) is 0. The molecule has 7 fully saturated rings. The van der Waals surface area contributed by atoms with Crippen molar-refractivity contribution in [1.82, 2.24) is 84.1 Å². The van der Waals surface area contributed by atoms with Gasteiger partial charge >= 0.3 is 36.0 Å². The number of urea groups is 3. The van der Waals surface area contributed by atoms with Gasteiger partial charge in [0.1, 0.15) is 110 Å². The quantitative estimate of drug-likeness (QED) is 0.0257. The zero-order valence-electron chi connectivity index (χ0n) is 70.6. The molecule has 132 heavy (non-hydrogen) atoms. The Bertz CT molecular complexity index is 6370. The monoisotopic (exact) mass is 1800 g/mol. The minimum atomic E-state index is -1.15. The fourth-order valence-corrected chi connectivity index (χ4v) is 17.3. The van der Waals surface area contributed by atoms with Crippen LogP contribution in [0.5, 0.6) is 17.6 Å². The molecule has 1 saturated carbocycles. The van der Waals surface area contributed by atoms with Gasteiger partial charge in [-0.3, -0.25) is 29.7 Å². The maximum Gasteiger partial charge on any atom is 0.341 e. The third-order valence-corrected chi connectivity index (χ3v) is 23.4. The summed E-state index contributed by atoms with van der Waals surface area (Å²) < 4.78 is 81.0. The van der Waals surface area contributed by atoms with Crippen LogP contribution in [0.25, 0.3) is 33.5 Å². The second-order valence-corrected chi connectivity index (χ2v) is 32.1. The highest BCUT2D eigenvalue weighted by atomic mass is 16.8. The van der Waals surface area contributed by atoms with Crippen LogP contribution in [0.3, 0.4) is 0 Å². The predicted molar refractivity (Wildman–Crippen MR) is 462 cm³/mol. The van der Waals surface area contributed by atoms with Crippen LogP contribution in [0, 0.1) is 6.92 Å². The number of carbonyl (C=O) groups excluding carboxylic acids is 3. The Morgan fingerprint density at radius 3 is 1.37 bits per heavy atom. The molecule has 1 spiro atoms. The number of amides is 6. The summed E-state index contributed by atoms with van der Waals surface area (Å²) in [5.74, 6) is -3.67. The first-order valence-electron chi connectivity index (χ1n) is 42.7. The minimum Gasteiger partial charge on any atom is -0.477 e. The molecule has 9 N–H and O–H groups in total. The molecule has 678 valence electrons. The molecule has 42 nitrogen and oxygen atoms in total. The zero-order valence-corrected chi connectivity index (χ0v) is 70.6. The van der Waals surface area contributed by atoms with E-state index in [1.54, 1.807) is 44.8 Å². The van der Waals surface area contributed by atoms with Crippen LogP contribution in [0.15, 0.2) is 202 Å². The molecular weight excluding hydrogens is 1710 g/mol. The summed E-state index contributed by atoms with van der Waals surface area (Å²) in [4.78, 5) is 124. The number of anilines is 4. The van der Waals surface area contributed by atoms with E-state index in [0.717, 1.165) is 59.9 Å². The van der Waals surface area contributed by atoms with Crippen molar-refractivity contribution in [3.63, 3.8) is 0 Å². The lowest BCUT2D eigenvalue weighted by Gasteiger charge is -2.27. The van der Waals surface area contributed by atoms with E-state index in [0.29, 0.717) is 65.0 Å². The lowest BCUT2D eigenvalue weighted by atomic mass is 10.1. The second-order valence-electron chi connectivity index (χ2n) is 32.1. The highest BCUT2D eigenvalue weighted by molar-refractivity contribution is 6.03. The SMILES string of the molecule is CCNC(=O)Nc1ncnc2c1ncn2C1OC(COc2ncccc2C(=O)O)C2OC(CCc3ccccc3)OC21.Cc1ccc(C2OC3C(COc4ncccc4C(=O)O)OC(n4cnc5c(NC(=O)NC6CCCC6)ncnc54)C3O2)cc1.O=C(Nc1ccccc1)Nc1ncnc2c1ncn2C1OC(COc2ncccc2C(=O)O)C2OC3(Cc4ccccc4C3)OC21. The lowest BCUT2D eigenvalue weighted by molar-refractivity contribution is -0.213. The fraction of sp³-hybridized carbons (Fsp3) is 0.333. The van der Waals surface area contributed by atoms with Crippen LogP contribution in [-0.2, 0) is 61.9 Å². The highest BCUT2D eigenvalue weighted by Gasteiger charge is 2.61. The summed E-state index contributed by atoms with van der Waals surface area (Å²) in [5, 5.41) is 45.3. The molecule has 42 heteroatoms. The van der Waals surface area contributed by atoms with Crippen LogP contribution in [-0.4, -0.2) is 224 Å². The number of rotatable bonds is 25. The normalized spacial score (nSPS) is 23.4. The summed E-state index contributed by atoms with van der Waals surface area (Å²) in [6.45, 7) is 4.14. The van der Waals surface area contributed by atoms with Crippen LogP contribution in [0.2, 0.25) is 0 Å². The number of imidazole rings is 3. The summed E-state index contributed by atoms with van der Waals surface area (Å²) in [5.41, 5.74) is 8.25. The molecule has 6 amide bonds. The Morgan fingerprint density at radius 2 is 0.871 bits per heavy atom. The highest BCUT2D eigenvalue weighted by Crippen LogP contribution is 2.51. The van der Waals surface area contributed by atoms with E-state index < -0.39 is 122 Å². The molecule has 13 aromatic rings.